The maximum atomic E-state index is 11.2. The van der Waals surface area contributed by atoms with Gasteiger partial charge in [0, 0.05) is 25.7 Å². The molecule has 74 valence electrons. The molecule has 0 aliphatic carbocycles. The van der Waals surface area contributed by atoms with E-state index < -0.39 is 0 Å². The predicted molar refractivity (Wildman–Crippen MR) is 50.2 cm³/mol. The van der Waals surface area contributed by atoms with Crippen molar-refractivity contribution in [3.05, 3.63) is 0 Å². The summed E-state index contributed by atoms with van der Waals surface area (Å²) in [7, 11) is 0. The molecule has 2 fully saturated rings. The van der Waals surface area contributed by atoms with Gasteiger partial charge in [0.25, 0.3) is 0 Å². The van der Waals surface area contributed by atoms with Crippen molar-refractivity contribution in [2.75, 3.05) is 19.6 Å². The molecule has 2 atom stereocenters. The molecule has 4 nitrogen and oxygen atoms in total. The number of fused-ring (bicyclic) bond motifs is 1. The number of piperazine rings is 1. The van der Waals surface area contributed by atoms with Crippen LogP contribution in [0.25, 0.3) is 0 Å². The Labute approximate surface area is 78.5 Å². The minimum absolute atomic E-state index is 0.000787. The molecule has 2 rings (SSSR count). The molecule has 13 heavy (non-hydrogen) atoms. The SMILES string of the molecule is NC(=O)C1CCCC2CNCCN21. The summed E-state index contributed by atoms with van der Waals surface area (Å²) >= 11 is 0. The van der Waals surface area contributed by atoms with E-state index >= 15 is 0 Å². The van der Waals surface area contributed by atoms with Crippen molar-refractivity contribution in [1.29, 1.82) is 0 Å². The van der Waals surface area contributed by atoms with Gasteiger partial charge in [0.15, 0.2) is 0 Å². The van der Waals surface area contributed by atoms with Crippen molar-refractivity contribution in [3.8, 4) is 0 Å². The Kier molecular flexibility index (Phi) is 2.51. The first kappa shape index (κ1) is 8.97. The summed E-state index contributed by atoms with van der Waals surface area (Å²) in [4.78, 5) is 13.4. The number of amides is 1. The van der Waals surface area contributed by atoms with Crippen LogP contribution in [0.5, 0.6) is 0 Å². The summed E-state index contributed by atoms with van der Waals surface area (Å²) in [5, 5.41) is 3.35. The van der Waals surface area contributed by atoms with E-state index in [1.165, 1.54) is 6.42 Å². The van der Waals surface area contributed by atoms with Crippen LogP contribution in [0.3, 0.4) is 0 Å². The molecule has 4 heteroatoms. The van der Waals surface area contributed by atoms with E-state index in [4.69, 9.17) is 5.73 Å². The Balaban J connectivity index is 2.06. The molecule has 0 spiro atoms. The summed E-state index contributed by atoms with van der Waals surface area (Å²) in [5.74, 6) is -0.147. The van der Waals surface area contributed by atoms with Crippen LogP contribution in [0.1, 0.15) is 19.3 Å². The fraction of sp³-hybridized carbons (Fsp3) is 0.889. The molecule has 0 aromatic rings. The van der Waals surface area contributed by atoms with Crippen LogP contribution in [0, 0.1) is 0 Å². The van der Waals surface area contributed by atoms with Crippen molar-refractivity contribution >= 4 is 5.91 Å². The molecule has 0 bridgehead atoms. The lowest BCUT2D eigenvalue weighted by molar-refractivity contribution is -0.126. The molecule has 1 amide bonds. The van der Waals surface area contributed by atoms with Gasteiger partial charge in [-0.05, 0) is 19.3 Å². The molecule has 0 saturated carbocycles. The molecule has 2 aliphatic rings. The first-order chi connectivity index (χ1) is 6.29. The smallest absolute Gasteiger partial charge is 0.234 e. The van der Waals surface area contributed by atoms with Crippen LogP contribution in [0.4, 0.5) is 0 Å². The van der Waals surface area contributed by atoms with E-state index in [2.05, 4.69) is 10.2 Å². The monoisotopic (exact) mass is 183 g/mol. The van der Waals surface area contributed by atoms with Crippen molar-refractivity contribution < 1.29 is 4.79 Å². The number of nitrogens with zero attached hydrogens (tertiary/aromatic N) is 1. The Morgan fingerprint density at radius 3 is 3.08 bits per heavy atom. The fourth-order valence-electron chi connectivity index (χ4n) is 2.47. The molecule has 2 saturated heterocycles. The molecular formula is C9H17N3O. The maximum Gasteiger partial charge on any atom is 0.234 e. The lowest BCUT2D eigenvalue weighted by atomic mass is 9.93. The van der Waals surface area contributed by atoms with Crippen LogP contribution in [0.2, 0.25) is 0 Å². The van der Waals surface area contributed by atoms with E-state index in [1.807, 2.05) is 0 Å². The second-order valence-corrected chi connectivity index (χ2v) is 3.94. The van der Waals surface area contributed by atoms with Crippen molar-refractivity contribution in [2.24, 2.45) is 5.73 Å². The van der Waals surface area contributed by atoms with Crippen LogP contribution in [-0.2, 0) is 4.79 Å². The highest BCUT2D eigenvalue weighted by atomic mass is 16.1. The topological polar surface area (TPSA) is 58.4 Å². The largest absolute Gasteiger partial charge is 0.368 e. The van der Waals surface area contributed by atoms with Crippen LogP contribution in [0.15, 0.2) is 0 Å². The number of carbonyl (C=O) groups is 1. The summed E-state index contributed by atoms with van der Waals surface area (Å²) in [6, 6.07) is 0.542. The Morgan fingerprint density at radius 1 is 1.46 bits per heavy atom. The van der Waals surface area contributed by atoms with E-state index in [1.54, 1.807) is 0 Å². The molecule has 0 aromatic heterocycles. The number of nitrogens with two attached hydrogens (primary N) is 1. The van der Waals surface area contributed by atoms with Crippen LogP contribution < -0.4 is 11.1 Å². The Bertz CT molecular complexity index is 205. The van der Waals surface area contributed by atoms with Gasteiger partial charge in [0.05, 0.1) is 6.04 Å². The van der Waals surface area contributed by atoms with E-state index in [-0.39, 0.29) is 11.9 Å². The quantitative estimate of drug-likeness (QED) is 0.565. The first-order valence-corrected chi connectivity index (χ1v) is 5.05. The zero-order chi connectivity index (χ0) is 9.26. The molecule has 2 unspecified atom stereocenters. The zero-order valence-electron chi connectivity index (χ0n) is 7.83. The van der Waals surface area contributed by atoms with Crippen LogP contribution in [-0.4, -0.2) is 42.5 Å². The lowest BCUT2D eigenvalue weighted by Crippen LogP contribution is -2.60. The Hall–Kier alpha value is -0.610. The summed E-state index contributed by atoms with van der Waals surface area (Å²) < 4.78 is 0. The number of hydrogen-bond donors (Lipinski definition) is 2. The number of nitrogens with one attached hydrogen (secondary N) is 1. The van der Waals surface area contributed by atoms with Gasteiger partial charge in [0.2, 0.25) is 5.91 Å². The third-order valence-electron chi connectivity index (χ3n) is 3.14. The minimum Gasteiger partial charge on any atom is -0.368 e. The summed E-state index contributed by atoms with van der Waals surface area (Å²) in [5.41, 5.74) is 5.37. The molecule has 0 radical (unpaired) electrons. The molecule has 2 aliphatic heterocycles. The second-order valence-electron chi connectivity index (χ2n) is 3.94. The van der Waals surface area contributed by atoms with Gasteiger partial charge in [-0.3, -0.25) is 9.69 Å². The first-order valence-electron chi connectivity index (χ1n) is 5.05. The average Bonchev–Trinajstić information content (AvgIpc) is 2.17. The standard InChI is InChI=1S/C9H17N3O/c10-9(13)8-3-1-2-7-6-11-4-5-12(7)8/h7-8,11H,1-6H2,(H2,10,13). The number of hydrogen-bond acceptors (Lipinski definition) is 3. The summed E-state index contributed by atoms with van der Waals surface area (Å²) in [6.45, 7) is 2.97. The second kappa shape index (κ2) is 3.64. The molecule has 2 heterocycles. The van der Waals surface area contributed by atoms with Crippen molar-refractivity contribution in [2.45, 2.75) is 31.3 Å². The van der Waals surface area contributed by atoms with E-state index in [0.29, 0.717) is 6.04 Å². The van der Waals surface area contributed by atoms with Gasteiger partial charge >= 0.3 is 0 Å². The van der Waals surface area contributed by atoms with Gasteiger partial charge in [-0.1, -0.05) is 0 Å². The number of carbonyl (C=O) groups excluding carboxylic acids is 1. The molecule has 0 aromatic carbocycles. The zero-order valence-corrected chi connectivity index (χ0v) is 7.83. The maximum absolute atomic E-state index is 11.2. The van der Waals surface area contributed by atoms with Gasteiger partial charge in [-0.2, -0.15) is 0 Å². The van der Waals surface area contributed by atoms with Crippen LogP contribution >= 0.6 is 0 Å². The minimum atomic E-state index is -0.147. The van der Waals surface area contributed by atoms with Gasteiger partial charge in [-0.25, -0.2) is 0 Å². The number of primary amides is 1. The molecular weight excluding hydrogens is 166 g/mol. The summed E-state index contributed by atoms with van der Waals surface area (Å²) in [6.07, 6.45) is 3.29. The Morgan fingerprint density at radius 2 is 2.31 bits per heavy atom. The number of rotatable bonds is 1. The predicted octanol–water partition coefficient (Wildman–Crippen LogP) is -0.702. The molecule has 3 N–H and O–H groups in total. The van der Waals surface area contributed by atoms with E-state index in [0.717, 1.165) is 32.5 Å². The van der Waals surface area contributed by atoms with Gasteiger partial charge in [-0.15, -0.1) is 0 Å². The van der Waals surface area contributed by atoms with Gasteiger partial charge < -0.3 is 11.1 Å². The lowest BCUT2D eigenvalue weighted by Gasteiger charge is -2.43. The fourth-order valence-corrected chi connectivity index (χ4v) is 2.47. The van der Waals surface area contributed by atoms with Crippen molar-refractivity contribution in [1.82, 2.24) is 10.2 Å². The third-order valence-corrected chi connectivity index (χ3v) is 3.14. The normalized spacial score (nSPS) is 35.4. The average molecular weight is 183 g/mol. The van der Waals surface area contributed by atoms with E-state index in [9.17, 15) is 4.79 Å². The van der Waals surface area contributed by atoms with Crippen molar-refractivity contribution in [3.63, 3.8) is 0 Å². The third kappa shape index (κ3) is 1.69. The van der Waals surface area contributed by atoms with Gasteiger partial charge in [0.1, 0.15) is 0 Å². The highest BCUT2D eigenvalue weighted by Crippen LogP contribution is 2.23. The highest BCUT2D eigenvalue weighted by Gasteiger charge is 2.34. The number of piperidine rings is 1. The highest BCUT2D eigenvalue weighted by molar-refractivity contribution is 5.80.